The van der Waals surface area contributed by atoms with Gasteiger partial charge in [-0.25, -0.2) is 4.79 Å². The molecule has 2 N–H and O–H groups in total. The Hall–Kier alpha value is -3.15. The Balaban J connectivity index is 2.40. The van der Waals surface area contributed by atoms with E-state index in [1.54, 1.807) is 76.2 Å². The number of benzene rings is 2. The summed E-state index contributed by atoms with van der Waals surface area (Å²) in [5.74, 6) is -1.32. The van der Waals surface area contributed by atoms with Crippen molar-refractivity contribution in [3.8, 4) is 12.5 Å². The number of amides is 3. The van der Waals surface area contributed by atoms with Crippen LogP contribution in [0.4, 0.5) is 10.5 Å². The second-order valence-electron chi connectivity index (χ2n) is 8.45. The number of para-hydroxylation sites is 1. The molecule has 2 rings (SSSR count). The molecule has 0 saturated heterocycles. The zero-order valence-electron chi connectivity index (χ0n) is 19.5. The number of anilines is 1. The van der Waals surface area contributed by atoms with Crippen molar-refractivity contribution in [2.75, 3.05) is 11.1 Å². The fourth-order valence-corrected chi connectivity index (χ4v) is 3.62. The average Bonchev–Trinajstić information content (AvgIpc) is 2.77. The van der Waals surface area contributed by atoms with E-state index >= 15 is 0 Å². The Labute approximate surface area is 210 Å². The normalized spacial score (nSPS) is 12.6. The number of nitrogens with one attached hydrogen (secondary N) is 2. The van der Waals surface area contributed by atoms with E-state index in [9.17, 15) is 14.4 Å². The molecule has 180 valence electrons. The van der Waals surface area contributed by atoms with Crippen LogP contribution in [-0.4, -0.2) is 40.2 Å². The minimum atomic E-state index is -1.20. The van der Waals surface area contributed by atoms with E-state index in [1.165, 1.54) is 0 Å². The van der Waals surface area contributed by atoms with Gasteiger partial charge in [0, 0.05) is 11.8 Å². The highest BCUT2D eigenvalue weighted by Gasteiger charge is 2.35. The Bertz CT molecular complexity index is 1060. The Kier molecular flexibility index (Phi) is 9.42. The number of aryl methyl sites for hydroxylation is 1. The van der Waals surface area contributed by atoms with Crippen molar-refractivity contribution >= 4 is 47.8 Å². The molecule has 0 bridgehead atoms. The fourth-order valence-electron chi connectivity index (χ4n) is 3.10. The van der Waals surface area contributed by atoms with Crippen LogP contribution in [0.5, 0.6) is 0 Å². The molecule has 0 fully saturated rings. The van der Waals surface area contributed by atoms with Crippen LogP contribution in [0.1, 0.15) is 37.9 Å². The van der Waals surface area contributed by atoms with Gasteiger partial charge >= 0.3 is 6.09 Å². The topological polar surface area (TPSA) is 87.7 Å². The fraction of sp³-hybridized carbons (Fsp3) is 0.320. The smallest absolute Gasteiger partial charge is 0.408 e. The van der Waals surface area contributed by atoms with Gasteiger partial charge in [-0.2, -0.15) is 12.6 Å². The van der Waals surface area contributed by atoms with Crippen LogP contribution in [0, 0.1) is 19.4 Å². The molecule has 0 radical (unpaired) electrons. The predicted octanol–water partition coefficient (Wildman–Crippen LogP) is 4.57. The van der Waals surface area contributed by atoms with Crippen molar-refractivity contribution in [1.29, 1.82) is 0 Å². The van der Waals surface area contributed by atoms with E-state index in [0.29, 0.717) is 16.3 Å². The highest BCUT2D eigenvalue weighted by atomic mass is 35.5. The first-order valence-corrected chi connectivity index (χ1v) is 11.5. The number of alkyl carbamates (subject to hydrolysis) is 1. The predicted molar refractivity (Wildman–Crippen MR) is 137 cm³/mol. The van der Waals surface area contributed by atoms with Gasteiger partial charge in [0.2, 0.25) is 0 Å². The average molecular weight is 502 g/mol. The summed E-state index contributed by atoms with van der Waals surface area (Å²) in [7, 11) is 0. The van der Waals surface area contributed by atoms with E-state index in [2.05, 4.69) is 29.3 Å². The van der Waals surface area contributed by atoms with E-state index in [0.717, 1.165) is 10.5 Å². The highest BCUT2D eigenvalue weighted by Crippen LogP contribution is 2.29. The molecule has 0 aliphatic rings. The third-order valence-corrected chi connectivity index (χ3v) is 5.32. The number of carbonyl (C=O) groups excluding carboxylic acids is 3. The quantitative estimate of drug-likeness (QED) is 0.294. The first-order valence-electron chi connectivity index (χ1n) is 10.5. The lowest BCUT2D eigenvalue weighted by Gasteiger charge is -2.30. The van der Waals surface area contributed by atoms with Crippen molar-refractivity contribution in [2.24, 2.45) is 0 Å². The highest BCUT2D eigenvalue weighted by molar-refractivity contribution is 7.80. The molecule has 3 amide bonds. The van der Waals surface area contributed by atoms with Gasteiger partial charge in [-0.1, -0.05) is 60.5 Å². The summed E-state index contributed by atoms with van der Waals surface area (Å²) in [5, 5.41) is 5.60. The maximum absolute atomic E-state index is 13.5. The molecule has 0 aliphatic carbocycles. The summed E-state index contributed by atoms with van der Waals surface area (Å²) in [4.78, 5) is 40.0. The summed E-state index contributed by atoms with van der Waals surface area (Å²) >= 11 is 10.5. The summed E-state index contributed by atoms with van der Waals surface area (Å²) in [6.07, 6.45) is 4.91. The second-order valence-corrected chi connectivity index (χ2v) is 9.23. The maximum Gasteiger partial charge on any atom is 0.408 e. The number of terminal acetylenes is 1. The van der Waals surface area contributed by atoms with Crippen molar-refractivity contribution in [1.82, 2.24) is 10.2 Å². The third-order valence-electron chi connectivity index (χ3n) is 4.64. The van der Waals surface area contributed by atoms with Crippen molar-refractivity contribution in [2.45, 2.75) is 45.4 Å². The molecule has 9 heteroatoms. The molecule has 0 spiro atoms. The van der Waals surface area contributed by atoms with Crippen molar-refractivity contribution in [3.63, 3.8) is 0 Å². The van der Waals surface area contributed by atoms with Crippen LogP contribution in [0.15, 0.2) is 48.5 Å². The summed E-state index contributed by atoms with van der Waals surface area (Å²) in [5.41, 5.74) is 0.869. The van der Waals surface area contributed by atoms with Gasteiger partial charge in [0.25, 0.3) is 11.8 Å². The van der Waals surface area contributed by atoms with Crippen LogP contribution in [0.25, 0.3) is 0 Å². The minimum Gasteiger partial charge on any atom is -0.444 e. The molecule has 0 heterocycles. The number of hydrogen-bond acceptors (Lipinski definition) is 5. The van der Waals surface area contributed by atoms with E-state index in [4.69, 9.17) is 22.8 Å². The van der Waals surface area contributed by atoms with Gasteiger partial charge in [-0.3, -0.25) is 14.5 Å². The zero-order valence-corrected chi connectivity index (χ0v) is 21.1. The summed E-state index contributed by atoms with van der Waals surface area (Å²) in [6, 6.07) is 13.8. The minimum absolute atomic E-state index is 0.0665. The second kappa shape index (κ2) is 11.8. The van der Waals surface area contributed by atoms with Crippen molar-refractivity contribution < 1.29 is 19.1 Å². The lowest BCUT2D eigenvalue weighted by atomic mass is 10.0. The van der Waals surface area contributed by atoms with Gasteiger partial charge in [0.15, 0.2) is 0 Å². The maximum atomic E-state index is 13.5. The number of rotatable bonds is 7. The molecule has 0 saturated carbocycles. The van der Waals surface area contributed by atoms with Gasteiger partial charge in [-0.15, -0.1) is 0 Å². The van der Waals surface area contributed by atoms with Crippen molar-refractivity contribution in [3.05, 3.63) is 64.7 Å². The Morgan fingerprint density at radius 2 is 1.79 bits per heavy atom. The lowest BCUT2D eigenvalue weighted by molar-refractivity contribution is -0.136. The van der Waals surface area contributed by atoms with E-state index < -0.39 is 35.6 Å². The number of ether oxygens (including phenoxy) is 1. The molecule has 2 unspecified atom stereocenters. The molecule has 0 aromatic heterocycles. The zero-order chi connectivity index (χ0) is 25.5. The molecule has 0 aliphatic heterocycles. The summed E-state index contributed by atoms with van der Waals surface area (Å²) < 4.78 is 5.23. The third kappa shape index (κ3) is 7.17. The Morgan fingerprint density at radius 3 is 2.32 bits per heavy atom. The SMILES string of the molecule is C#CN(C(=O)C(CS)NC(=O)OC(C)(C)C)C(C(=O)Nc1c(C)cccc1Cl)c1ccccc1. The van der Waals surface area contributed by atoms with Gasteiger partial charge in [0.05, 0.1) is 10.7 Å². The number of carbonyl (C=O) groups is 3. The number of hydrogen-bond donors (Lipinski definition) is 3. The van der Waals surface area contributed by atoms with Crippen LogP contribution in [0.2, 0.25) is 5.02 Å². The monoisotopic (exact) mass is 501 g/mol. The summed E-state index contributed by atoms with van der Waals surface area (Å²) in [6.45, 7) is 6.89. The largest absolute Gasteiger partial charge is 0.444 e. The van der Waals surface area contributed by atoms with Crippen LogP contribution >= 0.6 is 24.2 Å². The molecule has 2 atom stereocenters. The first-order chi connectivity index (χ1) is 16.0. The number of halogens is 1. The first kappa shape index (κ1) is 27.1. The van der Waals surface area contributed by atoms with Gasteiger partial charge in [0.1, 0.15) is 17.7 Å². The van der Waals surface area contributed by atoms with Gasteiger partial charge in [-0.05, 0) is 44.9 Å². The molecular formula is C25H28ClN3O4S. The number of thiol groups is 1. The number of nitrogens with zero attached hydrogens (tertiary/aromatic N) is 1. The lowest BCUT2D eigenvalue weighted by Crippen LogP contribution is -2.51. The van der Waals surface area contributed by atoms with Crippen LogP contribution in [0.3, 0.4) is 0 Å². The standard InChI is InChI=1S/C25H28ClN3O4S/c1-6-29(23(31)19(15-34)27-24(32)33-25(3,4)5)21(17-12-8-7-9-13-17)22(30)28-20-16(2)11-10-14-18(20)26/h1,7-14,19,21,34H,15H2,2-5H3,(H,27,32)(H,28,30). The molecule has 2 aromatic rings. The molecular weight excluding hydrogens is 474 g/mol. The van der Waals surface area contributed by atoms with Crippen LogP contribution in [-0.2, 0) is 14.3 Å². The molecule has 2 aromatic carbocycles. The molecule has 34 heavy (non-hydrogen) atoms. The molecule has 7 nitrogen and oxygen atoms in total. The Morgan fingerprint density at radius 1 is 1.15 bits per heavy atom. The van der Waals surface area contributed by atoms with Crippen LogP contribution < -0.4 is 10.6 Å². The van der Waals surface area contributed by atoms with E-state index in [1.807, 2.05) is 0 Å². The van der Waals surface area contributed by atoms with Gasteiger partial charge < -0.3 is 15.4 Å². The van der Waals surface area contributed by atoms with E-state index in [-0.39, 0.29) is 5.75 Å².